The van der Waals surface area contributed by atoms with Gasteiger partial charge < -0.3 is 14.7 Å². The van der Waals surface area contributed by atoms with Gasteiger partial charge in [0.05, 0.1) is 23.8 Å². The summed E-state index contributed by atoms with van der Waals surface area (Å²) in [7, 11) is 2.13. The maximum Gasteiger partial charge on any atom is 0.258 e. The van der Waals surface area contributed by atoms with Gasteiger partial charge in [0.15, 0.2) is 0 Å². The zero-order valence-electron chi connectivity index (χ0n) is 14.7. The summed E-state index contributed by atoms with van der Waals surface area (Å²) in [5.74, 6) is 0.769. The van der Waals surface area contributed by atoms with E-state index in [2.05, 4.69) is 40.9 Å². The van der Waals surface area contributed by atoms with Crippen LogP contribution >= 0.6 is 0 Å². The van der Waals surface area contributed by atoms with Gasteiger partial charge in [-0.2, -0.15) is 0 Å². The summed E-state index contributed by atoms with van der Waals surface area (Å²) in [6.07, 6.45) is 1.70. The van der Waals surface area contributed by atoms with Crippen molar-refractivity contribution in [3.05, 3.63) is 53.3 Å². The molecule has 1 amide bonds. The molecular weight excluding hydrogens is 314 g/mol. The predicted molar refractivity (Wildman–Crippen MR) is 96.5 cm³/mol. The molecule has 1 fully saturated rings. The van der Waals surface area contributed by atoms with Crippen LogP contribution in [0.1, 0.15) is 34.6 Å². The first-order valence-electron chi connectivity index (χ1n) is 8.79. The molecule has 0 saturated carbocycles. The molecule has 0 aliphatic carbocycles. The summed E-state index contributed by atoms with van der Waals surface area (Å²) in [6, 6.07) is 10.1. The van der Waals surface area contributed by atoms with E-state index in [9.17, 15) is 4.79 Å². The number of nitrogens with zero attached hydrogens (tertiary/aromatic N) is 5. The third kappa shape index (κ3) is 2.98. The van der Waals surface area contributed by atoms with Crippen LogP contribution in [0.5, 0.6) is 0 Å². The predicted octanol–water partition coefficient (Wildman–Crippen LogP) is 1.95. The van der Waals surface area contributed by atoms with E-state index in [1.165, 1.54) is 0 Å². The molecule has 2 aliphatic heterocycles. The SMILES string of the molecule is C[C@@H](c1ccccc1)N1Cc2nc(N3CCN(C)CC3)ncc2C1=O. The molecule has 0 radical (unpaired) electrons. The van der Waals surface area contributed by atoms with Crippen LogP contribution in [0.15, 0.2) is 36.5 Å². The van der Waals surface area contributed by atoms with Crippen LogP contribution in [0.25, 0.3) is 0 Å². The molecule has 130 valence electrons. The number of hydrogen-bond acceptors (Lipinski definition) is 5. The molecule has 25 heavy (non-hydrogen) atoms. The highest BCUT2D eigenvalue weighted by Gasteiger charge is 2.33. The van der Waals surface area contributed by atoms with Crippen molar-refractivity contribution in [1.82, 2.24) is 19.8 Å². The molecule has 1 aromatic heterocycles. The number of fused-ring (bicyclic) bond motifs is 1. The number of anilines is 1. The molecule has 1 atom stereocenters. The van der Waals surface area contributed by atoms with Gasteiger partial charge in [-0.15, -0.1) is 0 Å². The van der Waals surface area contributed by atoms with Gasteiger partial charge in [-0.05, 0) is 19.5 Å². The molecule has 0 bridgehead atoms. The second-order valence-corrected chi connectivity index (χ2v) is 6.84. The minimum Gasteiger partial charge on any atom is -0.338 e. The van der Waals surface area contributed by atoms with Crippen LogP contribution < -0.4 is 4.90 Å². The van der Waals surface area contributed by atoms with Crippen molar-refractivity contribution in [3.8, 4) is 0 Å². The Morgan fingerprint density at radius 2 is 1.80 bits per heavy atom. The van der Waals surface area contributed by atoms with Gasteiger partial charge in [0.2, 0.25) is 5.95 Å². The van der Waals surface area contributed by atoms with E-state index >= 15 is 0 Å². The standard InChI is InChI=1S/C19H23N5O/c1-14(15-6-4-3-5-7-15)24-13-17-16(18(24)25)12-20-19(21-17)23-10-8-22(2)9-11-23/h3-7,12,14H,8-11,13H2,1-2H3/t14-/m0/s1. The highest BCUT2D eigenvalue weighted by atomic mass is 16.2. The summed E-state index contributed by atoms with van der Waals surface area (Å²) in [4.78, 5) is 28.3. The molecule has 3 heterocycles. The van der Waals surface area contributed by atoms with Gasteiger partial charge in [0.25, 0.3) is 5.91 Å². The number of piperazine rings is 1. The highest BCUT2D eigenvalue weighted by Crippen LogP contribution is 2.30. The van der Waals surface area contributed by atoms with E-state index in [1.54, 1.807) is 6.20 Å². The van der Waals surface area contributed by atoms with Crippen molar-refractivity contribution in [3.63, 3.8) is 0 Å². The van der Waals surface area contributed by atoms with Gasteiger partial charge >= 0.3 is 0 Å². The van der Waals surface area contributed by atoms with E-state index in [1.807, 2.05) is 23.1 Å². The minimum absolute atomic E-state index is 0.0231. The van der Waals surface area contributed by atoms with Crippen molar-refractivity contribution in [1.29, 1.82) is 0 Å². The van der Waals surface area contributed by atoms with E-state index in [-0.39, 0.29) is 11.9 Å². The number of rotatable bonds is 3. The number of benzene rings is 1. The summed E-state index contributed by atoms with van der Waals surface area (Å²) >= 11 is 0. The van der Waals surface area contributed by atoms with Crippen LogP contribution in [-0.2, 0) is 6.54 Å². The maximum atomic E-state index is 12.8. The fourth-order valence-corrected chi connectivity index (χ4v) is 3.48. The fraction of sp³-hybridized carbons (Fsp3) is 0.421. The number of aromatic nitrogens is 2. The topological polar surface area (TPSA) is 52.6 Å². The van der Waals surface area contributed by atoms with Crippen molar-refractivity contribution in [2.24, 2.45) is 0 Å². The van der Waals surface area contributed by atoms with Gasteiger partial charge in [0, 0.05) is 32.4 Å². The molecule has 4 rings (SSSR count). The smallest absolute Gasteiger partial charge is 0.258 e. The second kappa shape index (κ2) is 6.44. The zero-order chi connectivity index (χ0) is 17.4. The Morgan fingerprint density at radius 3 is 2.52 bits per heavy atom. The molecule has 6 heteroatoms. The monoisotopic (exact) mass is 337 g/mol. The molecule has 0 N–H and O–H groups in total. The van der Waals surface area contributed by atoms with Gasteiger partial charge in [-0.1, -0.05) is 30.3 Å². The summed E-state index contributed by atoms with van der Waals surface area (Å²) in [5, 5.41) is 0. The molecule has 1 aromatic carbocycles. The van der Waals surface area contributed by atoms with Crippen molar-refractivity contribution in [2.75, 3.05) is 38.1 Å². The summed E-state index contributed by atoms with van der Waals surface area (Å²) < 4.78 is 0. The molecular formula is C19H23N5O. The molecule has 0 unspecified atom stereocenters. The summed E-state index contributed by atoms with van der Waals surface area (Å²) in [5.41, 5.74) is 2.62. The first kappa shape index (κ1) is 16.0. The Morgan fingerprint density at radius 1 is 1.08 bits per heavy atom. The Balaban J connectivity index is 1.55. The maximum absolute atomic E-state index is 12.8. The van der Waals surface area contributed by atoms with Crippen molar-refractivity contribution in [2.45, 2.75) is 19.5 Å². The van der Waals surface area contributed by atoms with Crippen LogP contribution in [-0.4, -0.2) is 58.9 Å². The quantitative estimate of drug-likeness (QED) is 0.857. The minimum atomic E-state index is 0.0231. The number of likely N-dealkylation sites (N-methyl/N-ethyl adjacent to an activating group) is 1. The first-order valence-corrected chi connectivity index (χ1v) is 8.79. The number of carbonyl (C=O) groups excluding carboxylic acids is 1. The number of amides is 1. The third-order valence-electron chi connectivity index (χ3n) is 5.20. The Kier molecular flexibility index (Phi) is 4.13. The van der Waals surface area contributed by atoms with Crippen LogP contribution in [0, 0.1) is 0 Å². The van der Waals surface area contributed by atoms with Gasteiger partial charge in [-0.3, -0.25) is 4.79 Å². The lowest BCUT2D eigenvalue weighted by molar-refractivity contribution is 0.0715. The number of hydrogen-bond donors (Lipinski definition) is 0. The van der Waals surface area contributed by atoms with Crippen LogP contribution in [0.2, 0.25) is 0 Å². The van der Waals surface area contributed by atoms with E-state index < -0.39 is 0 Å². The lowest BCUT2D eigenvalue weighted by atomic mass is 10.1. The van der Waals surface area contributed by atoms with E-state index in [0.717, 1.165) is 43.4 Å². The average molecular weight is 337 g/mol. The van der Waals surface area contributed by atoms with Gasteiger partial charge in [-0.25, -0.2) is 9.97 Å². The third-order valence-corrected chi connectivity index (χ3v) is 5.20. The first-order chi connectivity index (χ1) is 12.1. The Labute approximate surface area is 148 Å². The van der Waals surface area contributed by atoms with E-state index in [4.69, 9.17) is 4.98 Å². The fourth-order valence-electron chi connectivity index (χ4n) is 3.48. The highest BCUT2D eigenvalue weighted by molar-refractivity contribution is 5.97. The van der Waals surface area contributed by atoms with E-state index in [0.29, 0.717) is 12.1 Å². The van der Waals surface area contributed by atoms with Crippen LogP contribution in [0.3, 0.4) is 0 Å². The lowest BCUT2D eigenvalue weighted by Gasteiger charge is -2.32. The largest absolute Gasteiger partial charge is 0.338 e. The Bertz CT molecular complexity index is 771. The summed E-state index contributed by atoms with van der Waals surface area (Å²) in [6.45, 7) is 6.48. The molecule has 2 aromatic rings. The lowest BCUT2D eigenvalue weighted by Crippen LogP contribution is -2.45. The van der Waals surface area contributed by atoms with Crippen molar-refractivity contribution >= 4 is 11.9 Å². The number of carbonyl (C=O) groups is 1. The van der Waals surface area contributed by atoms with Crippen molar-refractivity contribution < 1.29 is 4.79 Å². The van der Waals surface area contributed by atoms with Crippen LogP contribution in [0.4, 0.5) is 5.95 Å². The van der Waals surface area contributed by atoms with Gasteiger partial charge in [0.1, 0.15) is 0 Å². The molecule has 6 nitrogen and oxygen atoms in total. The second-order valence-electron chi connectivity index (χ2n) is 6.84. The normalized spacial score (nSPS) is 19.2. The average Bonchev–Trinajstić information content (AvgIpc) is 2.98. The molecule has 1 saturated heterocycles. The zero-order valence-corrected chi connectivity index (χ0v) is 14.7. The Hall–Kier alpha value is -2.47. The molecule has 0 spiro atoms. The molecule has 2 aliphatic rings.